The van der Waals surface area contributed by atoms with Crippen molar-refractivity contribution in [3.8, 4) is 11.1 Å². The zero-order valence-corrected chi connectivity index (χ0v) is 8.20. The molecule has 2 aromatic rings. The monoisotopic (exact) mass is 183 g/mol. The van der Waals surface area contributed by atoms with E-state index in [0.29, 0.717) is 0 Å². The van der Waals surface area contributed by atoms with Crippen molar-refractivity contribution in [3.05, 3.63) is 54.1 Å². The lowest BCUT2D eigenvalue weighted by Gasteiger charge is -2.08. The summed E-state index contributed by atoms with van der Waals surface area (Å²) in [6.45, 7) is 2.08. The third-order valence-electron chi connectivity index (χ3n) is 2.37. The van der Waals surface area contributed by atoms with Crippen molar-refractivity contribution in [2.75, 3.05) is 5.73 Å². The van der Waals surface area contributed by atoms with Gasteiger partial charge in [-0.05, 0) is 24.1 Å². The zero-order chi connectivity index (χ0) is 9.97. The van der Waals surface area contributed by atoms with Gasteiger partial charge >= 0.3 is 0 Å². The van der Waals surface area contributed by atoms with Crippen LogP contribution in [0.25, 0.3) is 11.1 Å². The molecule has 0 fully saturated rings. The van der Waals surface area contributed by atoms with Crippen molar-refractivity contribution in [1.29, 1.82) is 0 Å². The van der Waals surface area contributed by atoms with Crippen LogP contribution in [0.2, 0.25) is 0 Å². The van der Waals surface area contributed by atoms with Crippen LogP contribution in [0.1, 0.15) is 5.56 Å². The summed E-state index contributed by atoms with van der Waals surface area (Å²) in [5, 5.41) is 0. The number of hydrogen-bond acceptors (Lipinski definition) is 1. The van der Waals surface area contributed by atoms with Gasteiger partial charge in [0.25, 0.3) is 0 Å². The number of nitrogen functional groups attached to an aromatic ring is 1. The van der Waals surface area contributed by atoms with Crippen molar-refractivity contribution < 1.29 is 0 Å². The summed E-state index contributed by atoms with van der Waals surface area (Å²) in [7, 11) is 0. The van der Waals surface area contributed by atoms with Crippen LogP contribution in [0, 0.1) is 6.92 Å². The molecule has 0 spiro atoms. The largest absolute Gasteiger partial charge is 0.398 e. The highest BCUT2D eigenvalue weighted by Gasteiger charge is 2.03. The van der Waals surface area contributed by atoms with Gasteiger partial charge in [0.05, 0.1) is 0 Å². The minimum absolute atomic E-state index is 0.844. The van der Waals surface area contributed by atoms with Gasteiger partial charge in [-0.3, -0.25) is 0 Å². The van der Waals surface area contributed by atoms with Gasteiger partial charge in [-0.2, -0.15) is 0 Å². The average Bonchev–Trinajstić information content (AvgIpc) is 2.19. The second-order valence-corrected chi connectivity index (χ2v) is 3.41. The molecule has 0 heterocycles. The van der Waals surface area contributed by atoms with Gasteiger partial charge in [-0.1, -0.05) is 42.5 Å². The van der Waals surface area contributed by atoms with E-state index >= 15 is 0 Å². The molecular weight excluding hydrogens is 170 g/mol. The Hall–Kier alpha value is -1.76. The SMILES string of the molecule is Cc1cccc(N)c1-c1ccccc1. The first-order valence-electron chi connectivity index (χ1n) is 4.69. The first kappa shape index (κ1) is 8.82. The lowest BCUT2D eigenvalue weighted by molar-refractivity contribution is 1.46. The molecule has 0 aliphatic carbocycles. The number of rotatable bonds is 1. The van der Waals surface area contributed by atoms with E-state index in [1.807, 2.05) is 30.3 Å². The summed E-state index contributed by atoms with van der Waals surface area (Å²) in [4.78, 5) is 0. The highest BCUT2D eigenvalue weighted by atomic mass is 14.6. The number of aryl methyl sites for hydroxylation is 1. The Bertz CT molecular complexity index is 412. The van der Waals surface area contributed by atoms with Gasteiger partial charge in [0, 0.05) is 11.3 Å². The average molecular weight is 183 g/mol. The van der Waals surface area contributed by atoms with E-state index in [0.717, 1.165) is 11.3 Å². The van der Waals surface area contributed by atoms with Crippen LogP contribution in [0.15, 0.2) is 48.5 Å². The van der Waals surface area contributed by atoms with E-state index in [1.165, 1.54) is 11.1 Å². The molecule has 0 aromatic heterocycles. The van der Waals surface area contributed by atoms with E-state index in [2.05, 4.69) is 25.1 Å². The maximum absolute atomic E-state index is 5.95. The Balaban J connectivity index is 2.63. The molecular formula is C13H13N. The van der Waals surface area contributed by atoms with Crippen LogP contribution < -0.4 is 5.73 Å². The summed E-state index contributed by atoms with van der Waals surface area (Å²) < 4.78 is 0. The van der Waals surface area contributed by atoms with Crippen molar-refractivity contribution in [2.45, 2.75) is 6.92 Å². The molecule has 0 atom stereocenters. The molecule has 70 valence electrons. The first-order chi connectivity index (χ1) is 6.79. The molecule has 0 amide bonds. The van der Waals surface area contributed by atoms with E-state index in [4.69, 9.17) is 5.73 Å². The van der Waals surface area contributed by atoms with Crippen LogP contribution in [-0.4, -0.2) is 0 Å². The summed E-state index contributed by atoms with van der Waals surface area (Å²) in [6.07, 6.45) is 0. The highest BCUT2D eigenvalue weighted by molar-refractivity contribution is 5.79. The topological polar surface area (TPSA) is 26.0 Å². The zero-order valence-electron chi connectivity index (χ0n) is 8.20. The minimum atomic E-state index is 0.844. The maximum atomic E-state index is 5.95. The van der Waals surface area contributed by atoms with Gasteiger partial charge in [0.1, 0.15) is 0 Å². The molecule has 1 heteroatoms. The molecule has 0 saturated carbocycles. The second kappa shape index (κ2) is 3.54. The van der Waals surface area contributed by atoms with Crippen molar-refractivity contribution in [2.24, 2.45) is 0 Å². The molecule has 14 heavy (non-hydrogen) atoms. The van der Waals surface area contributed by atoms with Crippen LogP contribution in [0.4, 0.5) is 5.69 Å². The minimum Gasteiger partial charge on any atom is -0.398 e. The van der Waals surface area contributed by atoms with Crippen LogP contribution >= 0.6 is 0 Å². The molecule has 0 bridgehead atoms. The Morgan fingerprint density at radius 1 is 0.857 bits per heavy atom. The van der Waals surface area contributed by atoms with E-state index < -0.39 is 0 Å². The second-order valence-electron chi connectivity index (χ2n) is 3.41. The van der Waals surface area contributed by atoms with Gasteiger partial charge in [-0.25, -0.2) is 0 Å². The third-order valence-corrected chi connectivity index (χ3v) is 2.37. The van der Waals surface area contributed by atoms with Gasteiger partial charge in [0.15, 0.2) is 0 Å². The summed E-state index contributed by atoms with van der Waals surface area (Å²) in [6, 6.07) is 16.2. The number of benzene rings is 2. The van der Waals surface area contributed by atoms with E-state index in [1.54, 1.807) is 0 Å². The fourth-order valence-corrected chi connectivity index (χ4v) is 1.69. The summed E-state index contributed by atoms with van der Waals surface area (Å²) >= 11 is 0. The van der Waals surface area contributed by atoms with Crippen LogP contribution in [-0.2, 0) is 0 Å². The van der Waals surface area contributed by atoms with Gasteiger partial charge in [-0.15, -0.1) is 0 Å². The lowest BCUT2D eigenvalue weighted by atomic mass is 9.99. The molecule has 2 N–H and O–H groups in total. The lowest BCUT2D eigenvalue weighted by Crippen LogP contribution is -1.92. The van der Waals surface area contributed by atoms with E-state index in [-0.39, 0.29) is 0 Å². The molecule has 0 aliphatic heterocycles. The smallest absolute Gasteiger partial charge is 0.0396 e. The van der Waals surface area contributed by atoms with Gasteiger partial charge in [0.2, 0.25) is 0 Å². The number of hydrogen-bond donors (Lipinski definition) is 1. The van der Waals surface area contributed by atoms with Crippen LogP contribution in [0.3, 0.4) is 0 Å². The van der Waals surface area contributed by atoms with E-state index in [9.17, 15) is 0 Å². The Morgan fingerprint density at radius 3 is 2.21 bits per heavy atom. The molecule has 0 unspecified atom stereocenters. The van der Waals surface area contributed by atoms with Crippen molar-refractivity contribution >= 4 is 5.69 Å². The number of nitrogens with two attached hydrogens (primary N) is 1. The maximum Gasteiger partial charge on any atom is 0.0396 e. The third kappa shape index (κ3) is 1.49. The van der Waals surface area contributed by atoms with Crippen LogP contribution in [0.5, 0.6) is 0 Å². The predicted molar refractivity (Wildman–Crippen MR) is 61.0 cm³/mol. The molecule has 2 rings (SSSR count). The van der Waals surface area contributed by atoms with Crippen molar-refractivity contribution in [1.82, 2.24) is 0 Å². The standard InChI is InChI=1S/C13H13N/c1-10-6-5-9-12(14)13(10)11-7-3-2-4-8-11/h2-9H,14H2,1H3. The Kier molecular flexibility index (Phi) is 2.23. The van der Waals surface area contributed by atoms with Gasteiger partial charge < -0.3 is 5.73 Å². The number of anilines is 1. The molecule has 0 radical (unpaired) electrons. The molecule has 1 nitrogen and oxygen atoms in total. The molecule has 0 saturated heterocycles. The summed E-state index contributed by atoms with van der Waals surface area (Å²) in [5.74, 6) is 0. The predicted octanol–water partition coefficient (Wildman–Crippen LogP) is 3.24. The normalized spacial score (nSPS) is 10.1. The first-order valence-corrected chi connectivity index (χ1v) is 4.69. The van der Waals surface area contributed by atoms with Crippen molar-refractivity contribution in [3.63, 3.8) is 0 Å². The molecule has 0 aliphatic rings. The molecule has 2 aromatic carbocycles. The Morgan fingerprint density at radius 2 is 1.57 bits per heavy atom. The fraction of sp³-hybridized carbons (Fsp3) is 0.0769. The Labute approximate surface area is 84.2 Å². The highest BCUT2D eigenvalue weighted by Crippen LogP contribution is 2.28. The fourth-order valence-electron chi connectivity index (χ4n) is 1.69. The quantitative estimate of drug-likeness (QED) is 0.675. The summed E-state index contributed by atoms with van der Waals surface area (Å²) in [5.41, 5.74) is 10.3.